The van der Waals surface area contributed by atoms with Crippen LogP contribution in [-0.4, -0.2) is 37.2 Å². The average molecular weight is 362 g/mol. The quantitative estimate of drug-likeness (QED) is 0.366. The van der Waals surface area contributed by atoms with Crippen molar-refractivity contribution in [1.82, 2.24) is 4.90 Å². The second kappa shape index (κ2) is 8.76. The predicted molar refractivity (Wildman–Crippen MR) is 103 cm³/mol. The van der Waals surface area contributed by atoms with Gasteiger partial charge in [-0.15, -0.1) is 0 Å². The number of likely N-dealkylation sites (tertiary alicyclic amines) is 1. The SMILES string of the molecule is CCCCC1C(O[Si](CC)(CC)CC)C(=O)N1C(=O)c1ccccc1. The summed E-state index contributed by atoms with van der Waals surface area (Å²) in [6, 6.07) is 12.0. The lowest BCUT2D eigenvalue weighted by molar-refractivity contribution is -0.158. The molecule has 2 rings (SSSR count). The summed E-state index contributed by atoms with van der Waals surface area (Å²) >= 11 is 0. The molecule has 1 heterocycles. The molecular weight excluding hydrogens is 330 g/mol. The molecule has 0 bridgehead atoms. The van der Waals surface area contributed by atoms with Gasteiger partial charge in [-0.05, 0) is 36.7 Å². The van der Waals surface area contributed by atoms with Crippen molar-refractivity contribution >= 4 is 20.1 Å². The van der Waals surface area contributed by atoms with Gasteiger partial charge in [0.25, 0.3) is 11.8 Å². The van der Waals surface area contributed by atoms with Crippen molar-refractivity contribution in [2.75, 3.05) is 0 Å². The first-order chi connectivity index (χ1) is 12.0. The molecule has 0 saturated carbocycles. The van der Waals surface area contributed by atoms with Crippen molar-refractivity contribution in [3.05, 3.63) is 35.9 Å². The van der Waals surface area contributed by atoms with Gasteiger partial charge in [0.15, 0.2) is 8.32 Å². The maximum absolute atomic E-state index is 12.8. The summed E-state index contributed by atoms with van der Waals surface area (Å²) in [4.78, 5) is 27.0. The third-order valence-corrected chi connectivity index (χ3v) is 10.2. The summed E-state index contributed by atoms with van der Waals surface area (Å²) in [6.07, 6.45) is 2.44. The number of rotatable bonds is 9. The van der Waals surface area contributed by atoms with E-state index in [0.29, 0.717) is 5.56 Å². The minimum absolute atomic E-state index is 0.114. The first-order valence-corrected chi connectivity index (χ1v) is 12.2. The van der Waals surface area contributed by atoms with Gasteiger partial charge in [0.1, 0.15) is 6.10 Å². The molecule has 1 fully saturated rings. The molecule has 0 aromatic heterocycles. The summed E-state index contributed by atoms with van der Waals surface area (Å²) in [5.41, 5.74) is 0.570. The summed E-state index contributed by atoms with van der Waals surface area (Å²) in [6.45, 7) is 8.62. The van der Waals surface area contributed by atoms with Crippen LogP contribution in [0.2, 0.25) is 18.1 Å². The van der Waals surface area contributed by atoms with Crippen LogP contribution in [0.5, 0.6) is 0 Å². The minimum Gasteiger partial charge on any atom is -0.403 e. The van der Waals surface area contributed by atoms with E-state index in [1.807, 2.05) is 18.2 Å². The van der Waals surface area contributed by atoms with Gasteiger partial charge in [0.05, 0.1) is 6.04 Å². The van der Waals surface area contributed by atoms with Crippen molar-refractivity contribution in [2.24, 2.45) is 0 Å². The van der Waals surface area contributed by atoms with Crippen molar-refractivity contribution < 1.29 is 14.0 Å². The van der Waals surface area contributed by atoms with E-state index in [4.69, 9.17) is 4.43 Å². The number of carbonyl (C=O) groups excluding carboxylic acids is 2. The largest absolute Gasteiger partial charge is 0.403 e. The van der Waals surface area contributed by atoms with Crippen LogP contribution in [0.3, 0.4) is 0 Å². The second-order valence-corrected chi connectivity index (χ2v) is 11.6. The van der Waals surface area contributed by atoms with Crippen LogP contribution in [0, 0.1) is 0 Å². The predicted octanol–water partition coefficient (Wildman–Crippen LogP) is 4.62. The highest BCUT2D eigenvalue weighted by molar-refractivity contribution is 6.73. The molecule has 0 aliphatic carbocycles. The Labute approximate surface area is 152 Å². The highest BCUT2D eigenvalue weighted by atomic mass is 28.4. The van der Waals surface area contributed by atoms with Crippen LogP contribution < -0.4 is 0 Å². The lowest BCUT2D eigenvalue weighted by Gasteiger charge is -2.48. The van der Waals surface area contributed by atoms with E-state index in [9.17, 15) is 9.59 Å². The molecule has 0 radical (unpaired) electrons. The Bertz CT molecular complexity index is 578. The van der Waals surface area contributed by atoms with Crippen molar-refractivity contribution in [1.29, 1.82) is 0 Å². The van der Waals surface area contributed by atoms with E-state index in [1.54, 1.807) is 12.1 Å². The third kappa shape index (κ3) is 4.03. The molecule has 0 spiro atoms. The third-order valence-electron chi connectivity index (χ3n) is 5.56. The molecule has 0 N–H and O–H groups in total. The monoisotopic (exact) mass is 361 g/mol. The summed E-state index contributed by atoms with van der Waals surface area (Å²) < 4.78 is 6.46. The van der Waals surface area contributed by atoms with Crippen LogP contribution in [0.1, 0.15) is 57.3 Å². The first-order valence-electron chi connectivity index (χ1n) is 9.63. The Kier molecular flexibility index (Phi) is 6.96. The molecule has 138 valence electrons. The highest BCUT2D eigenvalue weighted by Gasteiger charge is 2.53. The zero-order valence-electron chi connectivity index (χ0n) is 16.0. The molecule has 2 unspecified atom stereocenters. The molecule has 1 aromatic carbocycles. The Hall–Kier alpha value is -1.46. The average Bonchev–Trinajstić information content (AvgIpc) is 2.66. The van der Waals surface area contributed by atoms with Crippen molar-refractivity contribution in [2.45, 2.75) is 77.2 Å². The normalized spacial score (nSPS) is 20.5. The number of amides is 2. The summed E-state index contributed by atoms with van der Waals surface area (Å²) in [5, 5.41) is 0. The second-order valence-electron chi connectivity index (χ2n) is 6.87. The van der Waals surface area contributed by atoms with Crippen molar-refractivity contribution in [3.8, 4) is 0 Å². The van der Waals surface area contributed by atoms with E-state index in [1.165, 1.54) is 4.90 Å². The Morgan fingerprint density at radius 2 is 1.68 bits per heavy atom. The van der Waals surface area contributed by atoms with E-state index in [0.717, 1.165) is 37.4 Å². The van der Waals surface area contributed by atoms with Crippen LogP contribution in [0.25, 0.3) is 0 Å². The lowest BCUT2D eigenvalue weighted by atomic mass is 9.92. The molecule has 4 nitrogen and oxygen atoms in total. The molecule has 2 amide bonds. The molecule has 25 heavy (non-hydrogen) atoms. The van der Waals surface area contributed by atoms with E-state index in [2.05, 4.69) is 27.7 Å². The summed E-state index contributed by atoms with van der Waals surface area (Å²) in [5.74, 6) is -0.342. The molecule has 5 heteroatoms. The molecule has 1 aliphatic heterocycles. The fourth-order valence-corrected chi connectivity index (χ4v) is 6.38. The molecule has 1 aliphatic rings. The number of nitrogens with zero attached hydrogens (tertiary/aromatic N) is 1. The fourth-order valence-electron chi connectivity index (χ4n) is 3.58. The van der Waals surface area contributed by atoms with Gasteiger partial charge < -0.3 is 4.43 Å². The Balaban J connectivity index is 2.19. The zero-order valence-corrected chi connectivity index (χ0v) is 17.0. The molecule has 2 atom stereocenters. The van der Waals surface area contributed by atoms with Gasteiger partial charge >= 0.3 is 0 Å². The number of benzene rings is 1. The molecule has 1 saturated heterocycles. The topological polar surface area (TPSA) is 46.6 Å². The minimum atomic E-state index is -1.88. The van der Waals surface area contributed by atoms with Crippen LogP contribution in [0.4, 0.5) is 0 Å². The standard InChI is InChI=1S/C20H31NO3Si/c1-5-9-15-17-18(24-25(6-2,7-3)8-4)20(23)21(17)19(22)16-13-11-10-12-14-16/h10-14,17-18H,5-9,15H2,1-4H3. The van der Waals surface area contributed by atoms with Gasteiger partial charge in [-0.3, -0.25) is 14.5 Å². The molecular formula is C20H31NO3Si. The Morgan fingerprint density at radius 3 is 2.20 bits per heavy atom. The van der Waals surface area contributed by atoms with Crippen LogP contribution in [0.15, 0.2) is 30.3 Å². The Morgan fingerprint density at radius 1 is 1.08 bits per heavy atom. The first kappa shape index (κ1) is 19.9. The number of β-lactam (4-membered cyclic amide) rings is 1. The highest BCUT2D eigenvalue weighted by Crippen LogP contribution is 2.34. The van der Waals surface area contributed by atoms with Gasteiger partial charge in [-0.2, -0.15) is 0 Å². The van der Waals surface area contributed by atoms with E-state index < -0.39 is 14.4 Å². The number of unbranched alkanes of at least 4 members (excludes halogenated alkanes) is 1. The van der Waals surface area contributed by atoms with Gasteiger partial charge in [0, 0.05) is 5.56 Å². The molecule has 1 aromatic rings. The zero-order chi connectivity index (χ0) is 18.4. The van der Waals surface area contributed by atoms with Crippen molar-refractivity contribution in [3.63, 3.8) is 0 Å². The van der Waals surface area contributed by atoms with Crippen LogP contribution >= 0.6 is 0 Å². The van der Waals surface area contributed by atoms with Gasteiger partial charge in [0.2, 0.25) is 0 Å². The summed E-state index contributed by atoms with van der Waals surface area (Å²) in [7, 11) is -1.88. The smallest absolute Gasteiger partial charge is 0.260 e. The number of hydrogen-bond donors (Lipinski definition) is 0. The lowest BCUT2D eigenvalue weighted by Crippen LogP contribution is -2.69. The number of imide groups is 1. The number of carbonyl (C=O) groups is 2. The van der Waals surface area contributed by atoms with Gasteiger partial charge in [-0.1, -0.05) is 58.7 Å². The maximum Gasteiger partial charge on any atom is 0.260 e. The van der Waals surface area contributed by atoms with Gasteiger partial charge in [-0.25, -0.2) is 0 Å². The number of hydrogen-bond acceptors (Lipinski definition) is 3. The fraction of sp³-hybridized carbons (Fsp3) is 0.600. The maximum atomic E-state index is 12.8. The van der Waals surface area contributed by atoms with Crippen LogP contribution in [-0.2, 0) is 9.22 Å². The van der Waals surface area contributed by atoms with E-state index >= 15 is 0 Å². The van der Waals surface area contributed by atoms with E-state index in [-0.39, 0.29) is 17.9 Å².